The molecule has 13 heavy (non-hydrogen) atoms. The van der Waals surface area contributed by atoms with Crippen molar-refractivity contribution in [3.05, 3.63) is 35.0 Å². The number of hydrogen-bond donors (Lipinski definition) is 1. The topological polar surface area (TPSA) is 38.9 Å². The molecule has 0 bridgehead atoms. The van der Waals surface area contributed by atoms with Gasteiger partial charge in [-0.3, -0.25) is 0 Å². The average Bonchev–Trinajstić information content (AvgIpc) is 2.08. The first-order valence-electron chi connectivity index (χ1n) is 3.99. The number of aromatic nitrogens is 1. The summed E-state index contributed by atoms with van der Waals surface area (Å²) in [6, 6.07) is 7.63. The number of anilines is 1. The quantitative estimate of drug-likeness (QED) is 0.515. The van der Waals surface area contributed by atoms with E-state index in [1.54, 1.807) is 0 Å². The fourth-order valence-corrected chi connectivity index (χ4v) is 1.41. The van der Waals surface area contributed by atoms with Crippen LogP contribution in [0.25, 0.3) is 10.9 Å². The number of halogens is 1. The number of aryl methyl sites for hydroxylation is 1. The van der Waals surface area contributed by atoms with Crippen molar-refractivity contribution < 1.29 is 0 Å². The van der Waals surface area contributed by atoms with Gasteiger partial charge in [0, 0.05) is 11.1 Å². The van der Waals surface area contributed by atoms with Crippen LogP contribution in [0.15, 0.2) is 24.3 Å². The summed E-state index contributed by atoms with van der Waals surface area (Å²) in [6.07, 6.45) is 0. The number of fused-ring (bicyclic) bond motifs is 1. The Balaban J connectivity index is 2.81. The Labute approximate surface area is 81.3 Å². The Morgan fingerprint density at radius 2 is 2.08 bits per heavy atom. The third-order valence-corrected chi connectivity index (χ3v) is 2.35. The maximum atomic E-state index is 5.89. The molecule has 0 saturated carbocycles. The molecule has 0 fully saturated rings. The summed E-state index contributed by atoms with van der Waals surface area (Å²) >= 11 is 5.89. The fourth-order valence-electron chi connectivity index (χ4n) is 1.27. The molecule has 0 saturated heterocycles. The van der Waals surface area contributed by atoms with Gasteiger partial charge in [-0.15, -0.1) is 0 Å². The highest BCUT2D eigenvalue weighted by Gasteiger charge is 2.00. The van der Waals surface area contributed by atoms with Crippen molar-refractivity contribution in [3.8, 4) is 0 Å². The van der Waals surface area contributed by atoms with E-state index in [2.05, 4.69) is 4.98 Å². The third-order valence-electron chi connectivity index (χ3n) is 1.97. The molecule has 0 aliphatic carbocycles. The van der Waals surface area contributed by atoms with Crippen LogP contribution in [0.3, 0.4) is 0 Å². The summed E-state index contributed by atoms with van der Waals surface area (Å²) in [6.45, 7) is 1.94. The van der Waals surface area contributed by atoms with E-state index in [1.165, 1.54) is 0 Å². The van der Waals surface area contributed by atoms with E-state index >= 15 is 0 Å². The molecule has 1 aromatic carbocycles. The first-order valence-corrected chi connectivity index (χ1v) is 4.37. The normalized spacial score (nSPS) is 10.6. The van der Waals surface area contributed by atoms with E-state index in [9.17, 15) is 0 Å². The van der Waals surface area contributed by atoms with Gasteiger partial charge in [0.15, 0.2) is 0 Å². The summed E-state index contributed by atoms with van der Waals surface area (Å²) in [5.41, 5.74) is 8.17. The van der Waals surface area contributed by atoms with Gasteiger partial charge in [-0.2, -0.15) is 0 Å². The van der Waals surface area contributed by atoms with Crippen LogP contribution < -0.4 is 5.73 Å². The van der Waals surface area contributed by atoms with E-state index in [4.69, 9.17) is 17.3 Å². The summed E-state index contributed by atoms with van der Waals surface area (Å²) in [5, 5.41) is 1.61. The zero-order valence-electron chi connectivity index (χ0n) is 7.21. The monoisotopic (exact) mass is 192 g/mol. The first kappa shape index (κ1) is 8.32. The first-order chi connectivity index (χ1) is 6.16. The van der Waals surface area contributed by atoms with Gasteiger partial charge in [-0.05, 0) is 30.7 Å². The minimum atomic E-state index is 0.540. The van der Waals surface area contributed by atoms with Crippen LogP contribution in [0.2, 0.25) is 5.15 Å². The molecule has 2 N–H and O–H groups in total. The van der Waals surface area contributed by atoms with E-state index in [0.29, 0.717) is 10.8 Å². The molecule has 0 spiro atoms. The lowest BCUT2D eigenvalue weighted by Crippen LogP contribution is -1.87. The number of hydrogen-bond acceptors (Lipinski definition) is 2. The predicted molar refractivity (Wildman–Crippen MR) is 55.9 cm³/mol. The Morgan fingerprint density at radius 1 is 1.31 bits per heavy atom. The van der Waals surface area contributed by atoms with Crippen LogP contribution in [0.5, 0.6) is 0 Å². The SMILES string of the molecule is Cc1cc2ccc(N)cc2nc1Cl. The third kappa shape index (κ3) is 1.45. The second-order valence-corrected chi connectivity index (χ2v) is 3.41. The molecule has 0 radical (unpaired) electrons. The molecule has 0 unspecified atom stereocenters. The number of rotatable bonds is 0. The van der Waals surface area contributed by atoms with Crippen LogP contribution in [0.1, 0.15) is 5.56 Å². The molecular formula is C10H9ClN2. The maximum absolute atomic E-state index is 5.89. The Bertz CT molecular complexity index is 466. The average molecular weight is 193 g/mol. The Hall–Kier alpha value is -1.28. The standard InChI is InChI=1S/C10H9ClN2/c1-6-4-7-2-3-8(12)5-9(7)13-10(6)11/h2-5H,12H2,1H3. The largest absolute Gasteiger partial charge is 0.399 e. The molecule has 0 aliphatic rings. The molecule has 3 heteroatoms. The summed E-state index contributed by atoms with van der Waals surface area (Å²) in [7, 11) is 0. The highest BCUT2D eigenvalue weighted by molar-refractivity contribution is 6.30. The van der Waals surface area contributed by atoms with Crippen LogP contribution in [0, 0.1) is 6.92 Å². The number of nitrogens with zero attached hydrogens (tertiary/aromatic N) is 1. The lowest BCUT2D eigenvalue weighted by atomic mass is 10.1. The van der Waals surface area contributed by atoms with Gasteiger partial charge >= 0.3 is 0 Å². The van der Waals surface area contributed by atoms with E-state index in [-0.39, 0.29) is 0 Å². The number of pyridine rings is 1. The molecule has 2 nitrogen and oxygen atoms in total. The molecule has 0 amide bonds. The van der Waals surface area contributed by atoms with Gasteiger partial charge < -0.3 is 5.73 Å². The van der Waals surface area contributed by atoms with Gasteiger partial charge in [-0.1, -0.05) is 17.7 Å². The predicted octanol–water partition coefficient (Wildman–Crippen LogP) is 2.78. The lowest BCUT2D eigenvalue weighted by molar-refractivity contribution is 1.33. The lowest BCUT2D eigenvalue weighted by Gasteiger charge is -2.01. The van der Waals surface area contributed by atoms with Gasteiger partial charge in [0.1, 0.15) is 5.15 Å². The molecule has 2 rings (SSSR count). The molecule has 0 aliphatic heterocycles. The highest BCUT2D eigenvalue weighted by atomic mass is 35.5. The zero-order valence-corrected chi connectivity index (χ0v) is 7.97. The molecular weight excluding hydrogens is 184 g/mol. The van der Waals surface area contributed by atoms with Gasteiger partial charge in [0.05, 0.1) is 5.52 Å². The van der Waals surface area contributed by atoms with Gasteiger partial charge in [-0.25, -0.2) is 4.98 Å². The van der Waals surface area contributed by atoms with Crippen LogP contribution >= 0.6 is 11.6 Å². The van der Waals surface area contributed by atoms with E-state index in [1.807, 2.05) is 31.2 Å². The minimum Gasteiger partial charge on any atom is -0.399 e. The van der Waals surface area contributed by atoms with E-state index in [0.717, 1.165) is 16.5 Å². The number of benzene rings is 1. The van der Waals surface area contributed by atoms with Crippen molar-refractivity contribution in [1.82, 2.24) is 4.98 Å². The second kappa shape index (κ2) is 2.89. The molecule has 2 aromatic rings. The molecule has 1 aromatic heterocycles. The number of nitrogens with two attached hydrogens (primary N) is 1. The fraction of sp³-hybridized carbons (Fsp3) is 0.100. The van der Waals surface area contributed by atoms with Crippen molar-refractivity contribution in [1.29, 1.82) is 0 Å². The Morgan fingerprint density at radius 3 is 2.85 bits per heavy atom. The Kier molecular flexibility index (Phi) is 1.85. The van der Waals surface area contributed by atoms with Crippen molar-refractivity contribution in [2.45, 2.75) is 6.92 Å². The van der Waals surface area contributed by atoms with Gasteiger partial charge in [0.25, 0.3) is 0 Å². The zero-order chi connectivity index (χ0) is 9.42. The smallest absolute Gasteiger partial charge is 0.132 e. The van der Waals surface area contributed by atoms with Gasteiger partial charge in [0.2, 0.25) is 0 Å². The summed E-state index contributed by atoms with van der Waals surface area (Å²) < 4.78 is 0. The summed E-state index contributed by atoms with van der Waals surface area (Å²) in [4.78, 5) is 4.22. The van der Waals surface area contributed by atoms with Crippen molar-refractivity contribution in [3.63, 3.8) is 0 Å². The van der Waals surface area contributed by atoms with Crippen molar-refractivity contribution in [2.75, 3.05) is 5.73 Å². The highest BCUT2D eigenvalue weighted by Crippen LogP contribution is 2.21. The van der Waals surface area contributed by atoms with Crippen LogP contribution in [-0.4, -0.2) is 4.98 Å². The number of nitrogen functional groups attached to an aromatic ring is 1. The van der Waals surface area contributed by atoms with Crippen LogP contribution in [0.4, 0.5) is 5.69 Å². The van der Waals surface area contributed by atoms with Crippen molar-refractivity contribution in [2.24, 2.45) is 0 Å². The van der Waals surface area contributed by atoms with E-state index < -0.39 is 0 Å². The maximum Gasteiger partial charge on any atom is 0.132 e. The summed E-state index contributed by atoms with van der Waals surface area (Å²) in [5.74, 6) is 0. The molecule has 66 valence electrons. The molecule has 1 heterocycles. The minimum absolute atomic E-state index is 0.540. The van der Waals surface area contributed by atoms with Crippen molar-refractivity contribution >= 4 is 28.2 Å². The molecule has 0 atom stereocenters. The van der Waals surface area contributed by atoms with Crippen LogP contribution in [-0.2, 0) is 0 Å². The second-order valence-electron chi connectivity index (χ2n) is 3.05.